The van der Waals surface area contributed by atoms with Gasteiger partial charge in [-0.25, -0.2) is 0 Å². The lowest BCUT2D eigenvalue weighted by Crippen LogP contribution is -2.30. The highest BCUT2D eigenvalue weighted by Gasteiger charge is 2.10. The molecule has 0 aromatic carbocycles. The van der Waals surface area contributed by atoms with Crippen LogP contribution in [0.25, 0.3) is 0 Å². The Labute approximate surface area is 96.1 Å². The number of carbonyl (C=O) groups excluding carboxylic acids is 1. The van der Waals surface area contributed by atoms with Crippen LogP contribution < -0.4 is 5.32 Å². The normalized spacial score (nSPS) is 12.4. The maximum absolute atomic E-state index is 11.6. The molecule has 1 heterocycles. The summed E-state index contributed by atoms with van der Waals surface area (Å²) in [5, 5.41) is 11.8. The van der Waals surface area contributed by atoms with E-state index in [0.29, 0.717) is 18.2 Å². The third-order valence-electron chi connectivity index (χ3n) is 2.63. The van der Waals surface area contributed by atoms with Crippen molar-refractivity contribution >= 4 is 5.91 Å². The zero-order valence-corrected chi connectivity index (χ0v) is 9.70. The first-order valence-corrected chi connectivity index (χ1v) is 5.80. The molecule has 1 unspecified atom stereocenters. The van der Waals surface area contributed by atoms with E-state index in [2.05, 4.69) is 17.2 Å². The number of aliphatic hydroxyl groups is 1. The fourth-order valence-electron chi connectivity index (χ4n) is 1.74. The molecule has 0 saturated heterocycles. The monoisotopic (exact) mass is 224 g/mol. The Kier molecular flexibility index (Phi) is 5.64. The summed E-state index contributed by atoms with van der Waals surface area (Å²) in [7, 11) is 0. The molecule has 0 aliphatic heterocycles. The third-order valence-corrected chi connectivity index (χ3v) is 2.63. The third kappa shape index (κ3) is 4.06. The average molecular weight is 224 g/mol. The number of aliphatic hydroxyl groups excluding tert-OH is 1. The molecule has 0 radical (unpaired) electrons. The summed E-state index contributed by atoms with van der Waals surface area (Å²) >= 11 is 0. The van der Waals surface area contributed by atoms with E-state index in [9.17, 15) is 4.79 Å². The van der Waals surface area contributed by atoms with E-state index in [1.807, 2.05) is 0 Å². The number of hydrogen-bond acceptors (Lipinski definition) is 2. The first-order chi connectivity index (χ1) is 7.77. The van der Waals surface area contributed by atoms with Crippen LogP contribution in [-0.4, -0.2) is 29.1 Å². The number of aromatic amines is 1. The second-order valence-electron chi connectivity index (χ2n) is 3.96. The molecule has 90 valence electrons. The molecule has 4 heteroatoms. The SMILES string of the molecule is CCCC(CCO)CNC(=O)c1ccc[nH]1. The number of H-pyrrole nitrogens is 1. The molecule has 16 heavy (non-hydrogen) atoms. The van der Waals surface area contributed by atoms with Gasteiger partial charge in [0.25, 0.3) is 5.91 Å². The number of hydrogen-bond donors (Lipinski definition) is 3. The highest BCUT2D eigenvalue weighted by molar-refractivity contribution is 5.92. The van der Waals surface area contributed by atoms with Gasteiger partial charge in [-0.1, -0.05) is 13.3 Å². The molecule has 1 aromatic rings. The quantitative estimate of drug-likeness (QED) is 0.658. The van der Waals surface area contributed by atoms with Crippen LogP contribution in [0.2, 0.25) is 0 Å². The molecule has 0 aliphatic rings. The minimum absolute atomic E-state index is 0.0796. The summed E-state index contributed by atoms with van der Waals surface area (Å²) < 4.78 is 0. The molecule has 0 fully saturated rings. The molecule has 3 N–H and O–H groups in total. The van der Waals surface area contributed by atoms with Gasteiger partial charge in [-0.3, -0.25) is 4.79 Å². The van der Waals surface area contributed by atoms with E-state index in [1.54, 1.807) is 18.3 Å². The molecule has 0 saturated carbocycles. The van der Waals surface area contributed by atoms with Crippen molar-refractivity contribution in [2.45, 2.75) is 26.2 Å². The Morgan fingerprint density at radius 1 is 1.56 bits per heavy atom. The van der Waals surface area contributed by atoms with Crippen molar-refractivity contribution in [1.82, 2.24) is 10.3 Å². The van der Waals surface area contributed by atoms with Gasteiger partial charge in [-0.05, 0) is 30.9 Å². The zero-order chi connectivity index (χ0) is 11.8. The lowest BCUT2D eigenvalue weighted by atomic mass is 10.0. The van der Waals surface area contributed by atoms with E-state index in [-0.39, 0.29) is 12.5 Å². The Bertz CT molecular complexity index is 290. The molecule has 0 bridgehead atoms. The topological polar surface area (TPSA) is 65.1 Å². The predicted molar refractivity (Wildman–Crippen MR) is 63.2 cm³/mol. The van der Waals surface area contributed by atoms with E-state index < -0.39 is 0 Å². The molecule has 1 aromatic heterocycles. The van der Waals surface area contributed by atoms with E-state index in [4.69, 9.17) is 5.11 Å². The minimum Gasteiger partial charge on any atom is -0.396 e. The highest BCUT2D eigenvalue weighted by atomic mass is 16.3. The summed E-state index contributed by atoms with van der Waals surface area (Å²) in [6.45, 7) is 2.92. The average Bonchev–Trinajstić information content (AvgIpc) is 2.79. The van der Waals surface area contributed by atoms with Crippen molar-refractivity contribution < 1.29 is 9.90 Å². The minimum atomic E-state index is -0.0796. The van der Waals surface area contributed by atoms with Gasteiger partial charge in [0, 0.05) is 19.3 Å². The van der Waals surface area contributed by atoms with Crippen molar-refractivity contribution in [3.8, 4) is 0 Å². The van der Waals surface area contributed by atoms with Crippen LogP contribution in [0, 0.1) is 5.92 Å². The maximum Gasteiger partial charge on any atom is 0.267 e. The number of amides is 1. The number of carbonyl (C=O) groups is 1. The molecular formula is C12H20N2O2. The van der Waals surface area contributed by atoms with Gasteiger partial charge in [0.1, 0.15) is 5.69 Å². The second-order valence-corrected chi connectivity index (χ2v) is 3.96. The van der Waals surface area contributed by atoms with Crippen LogP contribution in [0.15, 0.2) is 18.3 Å². The van der Waals surface area contributed by atoms with Crippen LogP contribution in [0.1, 0.15) is 36.7 Å². The van der Waals surface area contributed by atoms with Crippen molar-refractivity contribution in [2.24, 2.45) is 5.92 Å². The molecule has 4 nitrogen and oxygen atoms in total. The highest BCUT2D eigenvalue weighted by Crippen LogP contribution is 2.09. The van der Waals surface area contributed by atoms with Crippen molar-refractivity contribution in [3.05, 3.63) is 24.0 Å². The fraction of sp³-hybridized carbons (Fsp3) is 0.583. The van der Waals surface area contributed by atoms with Gasteiger partial charge in [0.2, 0.25) is 0 Å². The first-order valence-electron chi connectivity index (χ1n) is 5.80. The van der Waals surface area contributed by atoms with Gasteiger partial charge in [0.05, 0.1) is 0 Å². The van der Waals surface area contributed by atoms with Crippen molar-refractivity contribution in [1.29, 1.82) is 0 Å². The van der Waals surface area contributed by atoms with Gasteiger partial charge in [-0.2, -0.15) is 0 Å². The summed E-state index contributed by atoms with van der Waals surface area (Å²) in [4.78, 5) is 14.5. The smallest absolute Gasteiger partial charge is 0.267 e. The Morgan fingerprint density at radius 3 is 2.94 bits per heavy atom. The molecule has 1 rings (SSSR count). The van der Waals surface area contributed by atoms with E-state index in [1.165, 1.54) is 0 Å². The van der Waals surface area contributed by atoms with E-state index >= 15 is 0 Å². The van der Waals surface area contributed by atoms with Gasteiger partial charge >= 0.3 is 0 Å². The number of rotatable bonds is 7. The first kappa shape index (κ1) is 12.8. The number of nitrogens with one attached hydrogen (secondary N) is 2. The summed E-state index contributed by atoms with van der Waals surface area (Å²) in [6, 6.07) is 3.54. The lowest BCUT2D eigenvalue weighted by Gasteiger charge is -2.15. The Balaban J connectivity index is 2.34. The van der Waals surface area contributed by atoms with Gasteiger partial charge in [0.15, 0.2) is 0 Å². The fourth-order valence-corrected chi connectivity index (χ4v) is 1.74. The Hall–Kier alpha value is -1.29. The molecule has 0 aliphatic carbocycles. The molecular weight excluding hydrogens is 204 g/mol. The summed E-state index contributed by atoms with van der Waals surface area (Å²) in [5.41, 5.74) is 0.583. The van der Waals surface area contributed by atoms with Crippen LogP contribution >= 0.6 is 0 Å². The van der Waals surface area contributed by atoms with Gasteiger partial charge in [-0.15, -0.1) is 0 Å². The lowest BCUT2D eigenvalue weighted by molar-refractivity contribution is 0.0938. The van der Waals surface area contributed by atoms with Crippen LogP contribution in [0.5, 0.6) is 0 Å². The predicted octanol–water partition coefficient (Wildman–Crippen LogP) is 1.54. The number of aromatic nitrogens is 1. The van der Waals surface area contributed by atoms with Crippen LogP contribution in [-0.2, 0) is 0 Å². The Morgan fingerprint density at radius 2 is 2.38 bits per heavy atom. The maximum atomic E-state index is 11.6. The van der Waals surface area contributed by atoms with Gasteiger partial charge < -0.3 is 15.4 Å². The zero-order valence-electron chi connectivity index (χ0n) is 9.70. The molecule has 1 amide bonds. The standard InChI is InChI=1S/C12H20N2O2/c1-2-4-10(6-8-15)9-14-12(16)11-5-3-7-13-11/h3,5,7,10,13,15H,2,4,6,8-9H2,1H3,(H,14,16). The van der Waals surface area contributed by atoms with Crippen LogP contribution in [0.3, 0.4) is 0 Å². The van der Waals surface area contributed by atoms with Crippen molar-refractivity contribution in [3.63, 3.8) is 0 Å². The van der Waals surface area contributed by atoms with E-state index in [0.717, 1.165) is 19.3 Å². The molecule has 1 atom stereocenters. The van der Waals surface area contributed by atoms with Crippen LogP contribution in [0.4, 0.5) is 0 Å². The summed E-state index contributed by atoms with van der Waals surface area (Å²) in [5.74, 6) is 0.290. The second kappa shape index (κ2) is 7.06. The molecule has 0 spiro atoms. The van der Waals surface area contributed by atoms with Crippen molar-refractivity contribution in [2.75, 3.05) is 13.2 Å². The summed E-state index contributed by atoms with van der Waals surface area (Å²) in [6.07, 6.45) is 4.58. The largest absolute Gasteiger partial charge is 0.396 e.